The van der Waals surface area contributed by atoms with Gasteiger partial charge in [-0.3, -0.25) is 9.36 Å². The Bertz CT molecular complexity index is 871. The Balaban J connectivity index is 1.91. The normalized spacial score (nSPS) is 10.6. The van der Waals surface area contributed by atoms with Crippen LogP contribution in [0.2, 0.25) is 10.0 Å². The fraction of sp³-hybridized carbons (Fsp3) is 0.0556. The zero-order valence-corrected chi connectivity index (χ0v) is 13.8. The zero-order valence-electron chi connectivity index (χ0n) is 12.3. The molecular formula is C18H13Cl2NO2. The second kappa shape index (κ2) is 6.49. The Morgan fingerprint density at radius 1 is 1.00 bits per heavy atom. The van der Waals surface area contributed by atoms with Crippen LogP contribution in [0.15, 0.2) is 60.9 Å². The van der Waals surface area contributed by atoms with Gasteiger partial charge in [0.25, 0.3) is 5.91 Å². The zero-order chi connectivity index (χ0) is 16.4. The first kappa shape index (κ1) is 15.7. The summed E-state index contributed by atoms with van der Waals surface area (Å²) in [6, 6.07) is 14.3. The van der Waals surface area contributed by atoms with Gasteiger partial charge in [-0.15, -0.1) is 0 Å². The van der Waals surface area contributed by atoms with Crippen molar-refractivity contribution in [1.82, 2.24) is 4.57 Å². The quantitative estimate of drug-likeness (QED) is 0.656. The van der Waals surface area contributed by atoms with Gasteiger partial charge in [0.1, 0.15) is 5.75 Å². The van der Waals surface area contributed by atoms with Gasteiger partial charge in [0.05, 0.1) is 17.2 Å². The molecule has 3 nitrogen and oxygen atoms in total. The molecule has 0 saturated heterocycles. The van der Waals surface area contributed by atoms with Gasteiger partial charge in [-0.2, -0.15) is 0 Å². The largest absolute Gasteiger partial charge is 0.497 e. The lowest BCUT2D eigenvalue weighted by atomic mass is 10.1. The number of ether oxygens (including phenoxy) is 1. The molecule has 0 aliphatic rings. The molecule has 5 heteroatoms. The van der Waals surface area contributed by atoms with Crippen molar-refractivity contribution >= 4 is 29.1 Å². The van der Waals surface area contributed by atoms with Crippen molar-refractivity contribution in [3.63, 3.8) is 0 Å². The van der Waals surface area contributed by atoms with E-state index in [1.165, 1.54) is 4.57 Å². The second-order valence-corrected chi connectivity index (χ2v) is 5.79. The van der Waals surface area contributed by atoms with E-state index < -0.39 is 0 Å². The maximum Gasteiger partial charge on any atom is 0.262 e. The van der Waals surface area contributed by atoms with Crippen LogP contribution in [-0.2, 0) is 0 Å². The summed E-state index contributed by atoms with van der Waals surface area (Å²) >= 11 is 12.0. The van der Waals surface area contributed by atoms with Crippen LogP contribution in [0.1, 0.15) is 10.4 Å². The first-order chi connectivity index (χ1) is 11.1. The van der Waals surface area contributed by atoms with Crippen LogP contribution in [-0.4, -0.2) is 17.6 Å². The van der Waals surface area contributed by atoms with Gasteiger partial charge in [-0.1, -0.05) is 35.3 Å². The van der Waals surface area contributed by atoms with Crippen molar-refractivity contribution in [1.29, 1.82) is 0 Å². The molecule has 2 aromatic carbocycles. The molecule has 0 atom stereocenters. The Hall–Kier alpha value is -2.23. The molecule has 0 radical (unpaired) electrons. The molecule has 1 aromatic heterocycles. The molecule has 0 aliphatic heterocycles. The van der Waals surface area contributed by atoms with Gasteiger partial charge in [-0.05, 0) is 47.5 Å². The monoisotopic (exact) mass is 345 g/mol. The van der Waals surface area contributed by atoms with Crippen LogP contribution >= 0.6 is 23.2 Å². The molecule has 0 bridgehead atoms. The van der Waals surface area contributed by atoms with E-state index in [0.717, 1.165) is 11.1 Å². The number of hydrogen-bond acceptors (Lipinski definition) is 2. The highest BCUT2D eigenvalue weighted by Gasteiger charge is 2.11. The Kier molecular flexibility index (Phi) is 4.42. The summed E-state index contributed by atoms with van der Waals surface area (Å²) in [7, 11) is 1.57. The van der Waals surface area contributed by atoms with Crippen molar-refractivity contribution in [2.45, 2.75) is 0 Å². The number of rotatable bonds is 3. The number of aromatic nitrogens is 1. The highest BCUT2D eigenvalue weighted by atomic mass is 35.5. The number of carbonyl (C=O) groups excluding carboxylic acids is 1. The third-order valence-corrected chi connectivity index (χ3v) is 4.24. The highest BCUT2D eigenvalue weighted by Crippen LogP contribution is 2.28. The van der Waals surface area contributed by atoms with Crippen LogP contribution in [0.5, 0.6) is 5.75 Å². The van der Waals surface area contributed by atoms with E-state index in [9.17, 15) is 4.79 Å². The van der Waals surface area contributed by atoms with E-state index in [0.29, 0.717) is 21.4 Å². The lowest BCUT2D eigenvalue weighted by Crippen LogP contribution is -2.09. The molecule has 0 fully saturated rings. The molecule has 0 unspecified atom stereocenters. The number of nitrogens with zero attached hydrogens (tertiary/aromatic N) is 1. The minimum atomic E-state index is -0.129. The van der Waals surface area contributed by atoms with Crippen LogP contribution in [0.25, 0.3) is 11.1 Å². The lowest BCUT2D eigenvalue weighted by Gasteiger charge is -2.05. The second-order valence-electron chi connectivity index (χ2n) is 4.97. The molecular weight excluding hydrogens is 333 g/mol. The van der Waals surface area contributed by atoms with Crippen LogP contribution in [0.4, 0.5) is 0 Å². The van der Waals surface area contributed by atoms with Gasteiger partial charge in [0.2, 0.25) is 0 Å². The minimum absolute atomic E-state index is 0.129. The van der Waals surface area contributed by atoms with Crippen molar-refractivity contribution in [3.05, 3.63) is 76.5 Å². The maximum atomic E-state index is 12.5. The molecule has 0 spiro atoms. The molecule has 0 N–H and O–H groups in total. The third-order valence-electron chi connectivity index (χ3n) is 3.50. The van der Waals surface area contributed by atoms with Gasteiger partial charge in [-0.25, -0.2) is 0 Å². The summed E-state index contributed by atoms with van der Waals surface area (Å²) in [5, 5.41) is 0.985. The van der Waals surface area contributed by atoms with Crippen molar-refractivity contribution < 1.29 is 9.53 Å². The summed E-state index contributed by atoms with van der Waals surface area (Å²) in [5.74, 6) is 0.517. The average molecular weight is 346 g/mol. The standard InChI is InChI=1S/C18H13Cl2NO2/c1-23-15-4-2-3-13(9-15)18(22)21-8-7-14(11-21)12-5-6-16(19)17(20)10-12/h2-11H,1H3. The maximum absolute atomic E-state index is 12.5. The van der Waals surface area contributed by atoms with Gasteiger partial charge >= 0.3 is 0 Å². The molecule has 116 valence electrons. The predicted molar refractivity (Wildman–Crippen MR) is 92.6 cm³/mol. The van der Waals surface area contributed by atoms with Crippen LogP contribution in [0, 0.1) is 0 Å². The highest BCUT2D eigenvalue weighted by molar-refractivity contribution is 6.42. The summed E-state index contributed by atoms with van der Waals surface area (Å²) in [6.07, 6.45) is 3.49. The molecule has 3 aromatic rings. The molecule has 0 amide bonds. The fourth-order valence-electron chi connectivity index (χ4n) is 2.27. The van der Waals surface area contributed by atoms with E-state index >= 15 is 0 Å². The van der Waals surface area contributed by atoms with Crippen LogP contribution < -0.4 is 4.74 Å². The molecule has 0 aliphatic carbocycles. The summed E-state index contributed by atoms with van der Waals surface area (Å²) in [5.41, 5.74) is 2.34. The molecule has 0 saturated carbocycles. The van der Waals surface area contributed by atoms with Gasteiger partial charge in [0, 0.05) is 18.0 Å². The molecule has 3 rings (SSSR count). The van der Waals surface area contributed by atoms with Crippen LogP contribution in [0.3, 0.4) is 0 Å². The van der Waals surface area contributed by atoms with E-state index in [1.807, 2.05) is 12.1 Å². The number of benzene rings is 2. The Labute approximate surface area is 144 Å². The van der Waals surface area contributed by atoms with E-state index in [-0.39, 0.29) is 5.91 Å². The lowest BCUT2D eigenvalue weighted by molar-refractivity contribution is 0.0960. The van der Waals surface area contributed by atoms with E-state index in [1.54, 1.807) is 55.9 Å². The van der Waals surface area contributed by atoms with Crippen molar-refractivity contribution in [2.75, 3.05) is 7.11 Å². The third kappa shape index (κ3) is 3.26. The number of hydrogen-bond donors (Lipinski definition) is 0. The van der Waals surface area contributed by atoms with Crippen molar-refractivity contribution in [2.24, 2.45) is 0 Å². The number of halogens is 2. The van der Waals surface area contributed by atoms with Gasteiger partial charge < -0.3 is 4.74 Å². The topological polar surface area (TPSA) is 31.2 Å². The first-order valence-electron chi connectivity index (χ1n) is 6.90. The minimum Gasteiger partial charge on any atom is -0.497 e. The summed E-state index contributed by atoms with van der Waals surface area (Å²) in [4.78, 5) is 12.5. The number of carbonyl (C=O) groups is 1. The summed E-state index contributed by atoms with van der Waals surface area (Å²) < 4.78 is 6.69. The Morgan fingerprint density at radius 3 is 2.57 bits per heavy atom. The number of methoxy groups -OCH3 is 1. The molecule has 1 heterocycles. The fourth-order valence-corrected chi connectivity index (χ4v) is 2.57. The van der Waals surface area contributed by atoms with E-state index in [2.05, 4.69) is 0 Å². The summed E-state index contributed by atoms with van der Waals surface area (Å²) in [6.45, 7) is 0. The smallest absolute Gasteiger partial charge is 0.262 e. The van der Waals surface area contributed by atoms with Crippen molar-refractivity contribution in [3.8, 4) is 16.9 Å². The van der Waals surface area contributed by atoms with Gasteiger partial charge in [0.15, 0.2) is 0 Å². The predicted octanol–water partition coefficient (Wildman–Crippen LogP) is 5.16. The van der Waals surface area contributed by atoms with E-state index in [4.69, 9.17) is 27.9 Å². The SMILES string of the molecule is COc1cccc(C(=O)n2ccc(-c3ccc(Cl)c(Cl)c3)c2)c1. The average Bonchev–Trinajstić information content (AvgIpc) is 3.06. The Morgan fingerprint density at radius 2 is 1.83 bits per heavy atom. The molecule has 23 heavy (non-hydrogen) atoms. The first-order valence-corrected chi connectivity index (χ1v) is 7.66.